The number of halogens is 4. The van der Waals surface area contributed by atoms with Crippen LogP contribution in [0.5, 0.6) is 0 Å². The van der Waals surface area contributed by atoms with Crippen molar-refractivity contribution < 1.29 is 27.1 Å². The fraction of sp³-hybridized carbons (Fsp3) is 0.692. The summed E-state index contributed by atoms with van der Waals surface area (Å²) in [7, 11) is 0. The van der Waals surface area contributed by atoms with E-state index in [-0.39, 0.29) is 0 Å². The van der Waals surface area contributed by atoms with E-state index in [1.165, 1.54) is 6.92 Å². The van der Waals surface area contributed by atoms with Gasteiger partial charge in [-0.15, -0.1) is 0 Å². The Kier molecular flexibility index (Phi) is 7.30. The third kappa shape index (κ3) is 4.97. The van der Waals surface area contributed by atoms with Crippen LogP contribution in [0.4, 0.5) is 17.6 Å². The number of hydrogen-bond donors (Lipinski definition) is 1. The summed E-state index contributed by atoms with van der Waals surface area (Å²) in [5.41, 5.74) is -1.47. The van der Waals surface area contributed by atoms with Gasteiger partial charge in [0.2, 0.25) is 5.91 Å². The standard InChI is InChI=1S/C13H19F4N3O2/c1-3-22-6-4-5-18-13(21)8(2)20-10(12(16)17)7-9(19-20)11(14)15/h7-8,11-12H,3-6H2,1-2H3,(H,18,21). The predicted octanol–water partition coefficient (Wildman–Crippen LogP) is 2.86. The Morgan fingerprint density at radius 1 is 1.36 bits per heavy atom. The van der Waals surface area contributed by atoms with E-state index in [0.717, 1.165) is 0 Å². The Morgan fingerprint density at radius 3 is 2.59 bits per heavy atom. The van der Waals surface area contributed by atoms with Gasteiger partial charge in [-0.05, 0) is 26.3 Å². The number of rotatable bonds is 9. The maximum absolute atomic E-state index is 12.9. The lowest BCUT2D eigenvalue weighted by atomic mass is 10.3. The second kappa shape index (κ2) is 8.72. The highest BCUT2D eigenvalue weighted by atomic mass is 19.3. The third-order valence-electron chi connectivity index (χ3n) is 2.95. The van der Waals surface area contributed by atoms with Gasteiger partial charge < -0.3 is 10.1 Å². The molecule has 0 aliphatic carbocycles. The van der Waals surface area contributed by atoms with E-state index >= 15 is 0 Å². The van der Waals surface area contributed by atoms with Crippen molar-refractivity contribution in [2.24, 2.45) is 0 Å². The molecule has 9 heteroatoms. The molecule has 0 saturated carbocycles. The summed E-state index contributed by atoms with van der Waals surface area (Å²) < 4.78 is 56.6. The van der Waals surface area contributed by atoms with Crippen molar-refractivity contribution in [3.05, 3.63) is 17.5 Å². The van der Waals surface area contributed by atoms with Crippen LogP contribution in [0.3, 0.4) is 0 Å². The molecular weight excluding hydrogens is 306 g/mol. The summed E-state index contributed by atoms with van der Waals surface area (Å²) in [6, 6.07) is -0.489. The highest BCUT2D eigenvalue weighted by molar-refractivity contribution is 5.79. The molecule has 0 aromatic carbocycles. The minimum absolute atomic E-state index is 0.302. The molecule has 1 heterocycles. The van der Waals surface area contributed by atoms with Crippen LogP contribution in [0.15, 0.2) is 6.07 Å². The van der Waals surface area contributed by atoms with Crippen molar-refractivity contribution in [3.8, 4) is 0 Å². The van der Waals surface area contributed by atoms with Crippen LogP contribution in [0.2, 0.25) is 0 Å². The van der Waals surface area contributed by atoms with Gasteiger partial charge in [0.15, 0.2) is 0 Å². The fourth-order valence-corrected chi connectivity index (χ4v) is 1.80. The zero-order valence-corrected chi connectivity index (χ0v) is 12.4. The SMILES string of the molecule is CCOCCCNC(=O)C(C)n1nc(C(F)F)cc1C(F)F. The van der Waals surface area contributed by atoms with Crippen LogP contribution in [0, 0.1) is 0 Å². The Labute approximate surface area is 125 Å². The lowest BCUT2D eigenvalue weighted by Gasteiger charge is -2.15. The smallest absolute Gasteiger partial charge is 0.282 e. The highest BCUT2D eigenvalue weighted by Gasteiger charge is 2.26. The molecule has 0 fully saturated rings. The summed E-state index contributed by atoms with van der Waals surface area (Å²) >= 11 is 0. The Hall–Kier alpha value is -1.64. The van der Waals surface area contributed by atoms with Gasteiger partial charge in [-0.2, -0.15) is 5.10 Å². The first-order valence-corrected chi connectivity index (χ1v) is 6.89. The van der Waals surface area contributed by atoms with Crippen LogP contribution in [-0.4, -0.2) is 35.4 Å². The highest BCUT2D eigenvalue weighted by Crippen LogP contribution is 2.27. The molecule has 0 radical (unpaired) electrons. The van der Waals surface area contributed by atoms with Gasteiger partial charge in [-0.3, -0.25) is 9.48 Å². The molecule has 1 atom stereocenters. The molecule has 0 spiro atoms. The molecule has 0 bridgehead atoms. The number of nitrogens with one attached hydrogen (secondary N) is 1. The van der Waals surface area contributed by atoms with Gasteiger partial charge in [-0.25, -0.2) is 17.6 Å². The normalized spacial score (nSPS) is 12.9. The first-order chi connectivity index (χ1) is 10.4. The Bertz CT molecular complexity index is 480. The molecule has 0 saturated heterocycles. The van der Waals surface area contributed by atoms with Crippen LogP contribution in [0.25, 0.3) is 0 Å². The van der Waals surface area contributed by atoms with Crippen molar-refractivity contribution in [1.82, 2.24) is 15.1 Å². The van der Waals surface area contributed by atoms with E-state index in [0.29, 0.717) is 36.9 Å². The monoisotopic (exact) mass is 325 g/mol. The van der Waals surface area contributed by atoms with E-state index in [1.54, 1.807) is 0 Å². The topological polar surface area (TPSA) is 56.1 Å². The molecule has 126 valence electrons. The van der Waals surface area contributed by atoms with E-state index in [4.69, 9.17) is 4.74 Å². The van der Waals surface area contributed by atoms with Crippen molar-refractivity contribution in [2.45, 2.75) is 39.2 Å². The second-order valence-corrected chi connectivity index (χ2v) is 4.56. The number of aromatic nitrogens is 2. The van der Waals surface area contributed by atoms with E-state index in [1.807, 2.05) is 6.92 Å². The average Bonchev–Trinajstić information content (AvgIpc) is 2.91. The zero-order valence-electron chi connectivity index (χ0n) is 12.4. The van der Waals surface area contributed by atoms with Crippen LogP contribution < -0.4 is 5.32 Å². The summed E-state index contributed by atoms with van der Waals surface area (Å²) in [5, 5.41) is 5.94. The maximum atomic E-state index is 12.9. The molecule has 5 nitrogen and oxygen atoms in total. The molecule has 1 aromatic rings. The lowest BCUT2D eigenvalue weighted by molar-refractivity contribution is -0.124. The third-order valence-corrected chi connectivity index (χ3v) is 2.95. The summed E-state index contributed by atoms with van der Waals surface area (Å²) in [5.74, 6) is -0.567. The van der Waals surface area contributed by atoms with Crippen LogP contribution in [-0.2, 0) is 9.53 Å². The molecule has 0 aliphatic heterocycles. The number of nitrogens with zero attached hydrogens (tertiary/aromatic N) is 2. The predicted molar refractivity (Wildman–Crippen MR) is 71.0 cm³/mol. The molecule has 1 unspecified atom stereocenters. The molecule has 1 amide bonds. The Morgan fingerprint density at radius 2 is 2.05 bits per heavy atom. The van der Waals surface area contributed by atoms with Gasteiger partial charge in [0.25, 0.3) is 12.9 Å². The molecular formula is C13H19F4N3O2. The first-order valence-electron chi connectivity index (χ1n) is 6.89. The Balaban J connectivity index is 2.70. The van der Waals surface area contributed by atoms with Gasteiger partial charge in [-0.1, -0.05) is 0 Å². The summed E-state index contributed by atoms with van der Waals surface area (Å²) in [4.78, 5) is 11.9. The van der Waals surface area contributed by atoms with Gasteiger partial charge in [0.1, 0.15) is 17.4 Å². The summed E-state index contributed by atoms with van der Waals surface area (Å²) in [6.45, 7) is 4.49. The number of carbonyl (C=O) groups is 1. The van der Waals surface area contributed by atoms with E-state index in [2.05, 4.69) is 10.4 Å². The van der Waals surface area contributed by atoms with Gasteiger partial charge in [0, 0.05) is 19.8 Å². The molecule has 1 N–H and O–H groups in total. The average molecular weight is 325 g/mol. The number of hydrogen-bond acceptors (Lipinski definition) is 3. The molecule has 22 heavy (non-hydrogen) atoms. The molecule has 1 aromatic heterocycles. The number of amides is 1. The van der Waals surface area contributed by atoms with Crippen molar-refractivity contribution in [3.63, 3.8) is 0 Å². The summed E-state index contributed by atoms with van der Waals surface area (Å²) in [6.07, 6.45) is -5.40. The fourth-order valence-electron chi connectivity index (χ4n) is 1.80. The maximum Gasteiger partial charge on any atom is 0.282 e. The minimum atomic E-state index is -2.99. The largest absolute Gasteiger partial charge is 0.382 e. The van der Waals surface area contributed by atoms with Crippen LogP contribution >= 0.6 is 0 Å². The number of ether oxygens (including phenoxy) is 1. The number of carbonyl (C=O) groups excluding carboxylic acids is 1. The van der Waals surface area contributed by atoms with E-state index < -0.39 is 36.2 Å². The second-order valence-electron chi connectivity index (χ2n) is 4.56. The van der Waals surface area contributed by atoms with Crippen molar-refractivity contribution >= 4 is 5.91 Å². The van der Waals surface area contributed by atoms with Gasteiger partial charge >= 0.3 is 0 Å². The zero-order chi connectivity index (χ0) is 16.7. The lowest BCUT2D eigenvalue weighted by Crippen LogP contribution is -2.33. The van der Waals surface area contributed by atoms with Crippen molar-refractivity contribution in [2.75, 3.05) is 19.8 Å². The minimum Gasteiger partial charge on any atom is -0.382 e. The van der Waals surface area contributed by atoms with E-state index in [9.17, 15) is 22.4 Å². The van der Waals surface area contributed by atoms with Gasteiger partial charge in [0.05, 0.1) is 0 Å². The molecule has 1 rings (SSSR count). The first kappa shape index (κ1) is 18.4. The number of alkyl halides is 4. The quantitative estimate of drug-likeness (QED) is 0.561. The molecule has 0 aliphatic rings. The van der Waals surface area contributed by atoms with Crippen molar-refractivity contribution in [1.29, 1.82) is 0 Å². The van der Waals surface area contributed by atoms with Crippen LogP contribution in [0.1, 0.15) is 50.5 Å².